The van der Waals surface area contributed by atoms with E-state index < -0.39 is 0 Å². The summed E-state index contributed by atoms with van der Waals surface area (Å²) in [6.45, 7) is 6.94. The van der Waals surface area contributed by atoms with E-state index in [4.69, 9.17) is 6.72 Å². The van der Waals surface area contributed by atoms with E-state index in [9.17, 15) is 0 Å². The molecule has 3 heteroatoms. The molecule has 0 fully saturated rings. The van der Waals surface area contributed by atoms with Crippen LogP contribution in [0.4, 0.5) is 5.69 Å². The Labute approximate surface area is 92.0 Å². The third-order valence-electron chi connectivity index (χ3n) is 1.25. The second-order valence-corrected chi connectivity index (χ2v) is 2.11. The van der Waals surface area contributed by atoms with Crippen LogP contribution in [0, 0.1) is 6.92 Å². The van der Waals surface area contributed by atoms with Crippen LogP contribution in [0.5, 0.6) is 0 Å². The van der Waals surface area contributed by atoms with Crippen molar-refractivity contribution in [2.75, 3.05) is 5.43 Å². The Balaban J connectivity index is 0.000001000. The van der Waals surface area contributed by atoms with Gasteiger partial charge in [-0.2, -0.15) is 0 Å². The van der Waals surface area contributed by atoms with Crippen LogP contribution < -0.4 is 5.43 Å². The third-order valence-corrected chi connectivity index (χ3v) is 1.25. The van der Waals surface area contributed by atoms with Crippen molar-refractivity contribution in [1.29, 1.82) is 0 Å². The summed E-state index contributed by atoms with van der Waals surface area (Å²) in [5, 5.41) is 3.29. The van der Waals surface area contributed by atoms with E-state index in [0.717, 1.165) is 5.69 Å². The van der Waals surface area contributed by atoms with E-state index in [2.05, 4.69) is 10.5 Å². The first-order chi connectivity index (χ1) is 4.83. The summed E-state index contributed by atoms with van der Waals surface area (Å²) in [7, 11) is 0. The Hall–Kier alpha value is -0.206. The van der Waals surface area contributed by atoms with Crippen LogP contribution in [0.1, 0.15) is 5.56 Å². The number of hydrogen-bond donors (Lipinski definition) is 1. The molecule has 0 atom stereocenters. The summed E-state index contributed by atoms with van der Waals surface area (Å²) >= 11 is 0. The minimum absolute atomic E-state index is 0. The number of aryl methyl sites for hydroxylation is 1. The van der Waals surface area contributed by atoms with Gasteiger partial charge >= 0.3 is 0 Å². The van der Waals surface area contributed by atoms with Crippen LogP contribution in [0.2, 0.25) is 0 Å². The minimum atomic E-state index is 0. The average molecular weight is 222 g/mol. The standard InChI is InChI=1S/C8H9N2.Y/c1-7-3-5-8(6-4-7)10-9-2;/h2-6,10H,1H3;/q-1;. The normalized spacial score (nSPS) is 8.09. The molecule has 1 aromatic rings. The van der Waals surface area contributed by atoms with Crippen molar-refractivity contribution < 1.29 is 32.7 Å². The molecule has 1 rings (SSSR count). The molecular weight excluding hydrogens is 213 g/mol. The molecule has 2 nitrogen and oxygen atoms in total. The van der Waals surface area contributed by atoms with Gasteiger partial charge < -0.3 is 17.2 Å². The fourth-order valence-electron chi connectivity index (χ4n) is 0.703. The van der Waals surface area contributed by atoms with Gasteiger partial charge in [0.05, 0.1) is 5.69 Å². The average Bonchev–Trinajstić information content (AvgIpc) is 1.95. The molecule has 1 N–H and O–H groups in total. The van der Waals surface area contributed by atoms with E-state index in [0.29, 0.717) is 0 Å². The van der Waals surface area contributed by atoms with Crippen LogP contribution in [0.15, 0.2) is 29.4 Å². The summed E-state index contributed by atoms with van der Waals surface area (Å²) in [4.78, 5) is 0. The molecule has 0 spiro atoms. The Morgan fingerprint density at radius 2 is 1.82 bits per heavy atom. The molecule has 1 aromatic carbocycles. The van der Waals surface area contributed by atoms with Crippen LogP contribution in [-0.2, 0) is 32.7 Å². The number of hydrazone groups is 1. The smallest absolute Gasteiger partial charge is 0.0529 e. The molecule has 0 saturated carbocycles. The summed E-state index contributed by atoms with van der Waals surface area (Å²) in [6.07, 6.45) is 0. The van der Waals surface area contributed by atoms with Gasteiger partial charge in [-0.3, -0.25) is 0 Å². The third kappa shape index (κ3) is 3.63. The number of benzene rings is 1. The van der Waals surface area contributed by atoms with Crippen LogP contribution in [-0.4, -0.2) is 6.72 Å². The van der Waals surface area contributed by atoms with Gasteiger partial charge in [-0.15, -0.1) is 0 Å². The van der Waals surface area contributed by atoms with E-state index in [1.807, 2.05) is 31.2 Å². The van der Waals surface area contributed by atoms with E-state index >= 15 is 0 Å². The van der Waals surface area contributed by atoms with Crippen LogP contribution >= 0.6 is 0 Å². The molecule has 0 amide bonds. The first-order valence-corrected chi connectivity index (χ1v) is 3.05. The first kappa shape index (κ1) is 10.8. The first-order valence-electron chi connectivity index (χ1n) is 3.05. The maximum absolute atomic E-state index is 4.91. The fourth-order valence-corrected chi connectivity index (χ4v) is 0.703. The van der Waals surface area contributed by atoms with Crippen LogP contribution in [0.3, 0.4) is 0 Å². The molecule has 11 heavy (non-hydrogen) atoms. The summed E-state index contributed by atoms with van der Waals surface area (Å²) in [5.41, 5.74) is 4.77. The van der Waals surface area contributed by atoms with Gasteiger partial charge in [0.1, 0.15) is 0 Å². The van der Waals surface area contributed by atoms with Gasteiger partial charge in [-0.05, 0) is 19.1 Å². The molecular formula is C8H9N2Y-. The zero-order valence-electron chi connectivity index (χ0n) is 6.41. The predicted octanol–water partition coefficient (Wildman–Crippen LogP) is 1.90. The van der Waals surface area contributed by atoms with E-state index in [-0.39, 0.29) is 32.7 Å². The van der Waals surface area contributed by atoms with E-state index in [1.165, 1.54) is 5.56 Å². The summed E-state index contributed by atoms with van der Waals surface area (Å²) in [6, 6.07) is 7.83. The van der Waals surface area contributed by atoms with Crippen molar-refractivity contribution >= 4 is 12.4 Å². The molecule has 0 aliphatic heterocycles. The van der Waals surface area contributed by atoms with Crippen molar-refractivity contribution in [3.8, 4) is 0 Å². The maximum atomic E-state index is 4.91. The second kappa shape index (κ2) is 5.45. The minimum Gasteiger partial charge on any atom is -0.403 e. The molecule has 0 aliphatic rings. The van der Waals surface area contributed by atoms with Gasteiger partial charge in [0.15, 0.2) is 0 Å². The van der Waals surface area contributed by atoms with Crippen molar-refractivity contribution in [2.24, 2.45) is 5.10 Å². The molecule has 0 aliphatic carbocycles. The molecule has 0 aromatic heterocycles. The zero-order valence-corrected chi connectivity index (χ0v) is 9.25. The van der Waals surface area contributed by atoms with Crippen molar-refractivity contribution in [3.63, 3.8) is 0 Å². The van der Waals surface area contributed by atoms with E-state index in [1.54, 1.807) is 0 Å². The van der Waals surface area contributed by atoms with Crippen molar-refractivity contribution in [2.45, 2.75) is 6.92 Å². The number of anilines is 1. The van der Waals surface area contributed by atoms with Crippen molar-refractivity contribution in [3.05, 3.63) is 29.8 Å². The van der Waals surface area contributed by atoms with Crippen molar-refractivity contribution in [1.82, 2.24) is 0 Å². The number of nitrogens with one attached hydrogen (secondary N) is 1. The Kier molecular flexibility index (Phi) is 5.34. The number of hydrogen-bond acceptors (Lipinski definition) is 2. The topological polar surface area (TPSA) is 24.4 Å². The molecule has 0 heterocycles. The second-order valence-electron chi connectivity index (χ2n) is 2.11. The molecule has 0 bridgehead atoms. The predicted molar refractivity (Wildman–Crippen MR) is 43.3 cm³/mol. The Morgan fingerprint density at radius 1 is 1.27 bits per heavy atom. The molecule has 0 saturated heterocycles. The maximum Gasteiger partial charge on any atom is 0.0529 e. The monoisotopic (exact) mass is 222 g/mol. The van der Waals surface area contributed by atoms with Gasteiger partial charge in [0, 0.05) is 32.7 Å². The number of rotatable bonds is 2. The summed E-state index contributed by atoms with van der Waals surface area (Å²) in [5.74, 6) is 0. The fraction of sp³-hybridized carbons (Fsp3) is 0.125. The SMILES string of the molecule is [CH-]=NNc1ccc(C)cc1.[Y]. The van der Waals surface area contributed by atoms with Gasteiger partial charge in [-0.1, -0.05) is 17.7 Å². The molecule has 55 valence electrons. The Bertz CT molecular complexity index is 218. The summed E-state index contributed by atoms with van der Waals surface area (Å²) < 4.78 is 0. The van der Waals surface area contributed by atoms with Gasteiger partial charge in [-0.25, -0.2) is 0 Å². The largest absolute Gasteiger partial charge is 0.403 e. The van der Waals surface area contributed by atoms with Crippen LogP contribution in [0.25, 0.3) is 0 Å². The van der Waals surface area contributed by atoms with Gasteiger partial charge in [0.25, 0.3) is 0 Å². The zero-order chi connectivity index (χ0) is 7.40. The Morgan fingerprint density at radius 3 is 2.27 bits per heavy atom. The quantitative estimate of drug-likeness (QED) is 0.461. The molecule has 1 radical (unpaired) electrons. The van der Waals surface area contributed by atoms with Gasteiger partial charge in [0.2, 0.25) is 0 Å². The number of nitrogens with zero attached hydrogens (tertiary/aromatic N) is 1. The molecule has 0 unspecified atom stereocenters.